The molecule has 1 fully saturated rings. The molecule has 0 spiro atoms. The Bertz CT molecular complexity index is 429. The number of pyridine rings is 1. The van der Waals surface area contributed by atoms with Crippen LogP contribution in [0.5, 0.6) is 5.88 Å². The number of halogens is 1. The first-order valence-electron chi connectivity index (χ1n) is 6.65. The van der Waals surface area contributed by atoms with Crippen LogP contribution in [0.3, 0.4) is 0 Å². The van der Waals surface area contributed by atoms with Gasteiger partial charge in [0.05, 0.1) is 11.1 Å². The molecule has 1 N–H and O–H groups in total. The van der Waals surface area contributed by atoms with Crippen LogP contribution in [0.15, 0.2) is 18.3 Å². The Kier molecular flexibility index (Phi) is 5.44. The van der Waals surface area contributed by atoms with Crippen LogP contribution in [0.25, 0.3) is 0 Å². The van der Waals surface area contributed by atoms with E-state index in [4.69, 9.17) is 21.6 Å². The first-order chi connectivity index (χ1) is 9.28. The predicted octanol–water partition coefficient (Wildman–Crippen LogP) is 2.79. The van der Waals surface area contributed by atoms with Gasteiger partial charge in [-0.05, 0) is 25.3 Å². The molecule has 1 aromatic heterocycles. The molecular weight excluding hydrogens is 262 g/mol. The first-order valence-corrected chi connectivity index (χ1v) is 7.03. The minimum Gasteiger partial charge on any atom is -0.476 e. The highest BCUT2D eigenvalue weighted by Crippen LogP contribution is 2.23. The molecule has 102 valence electrons. The number of nitrogens with zero attached hydrogens (tertiary/aromatic N) is 2. The Hall–Kier alpha value is -1.31. The van der Waals surface area contributed by atoms with Crippen molar-refractivity contribution in [2.45, 2.75) is 31.7 Å². The van der Waals surface area contributed by atoms with E-state index in [2.05, 4.69) is 16.4 Å². The van der Waals surface area contributed by atoms with Gasteiger partial charge in [-0.15, -0.1) is 0 Å². The fourth-order valence-electron chi connectivity index (χ4n) is 2.36. The standard InChI is InChI=1S/C14H18ClN3O/c15-12-4-5-14(18-10-12)19-7-6-17-13-3-1-2-11(8-13)9-16/h4-5,10-11,13,17H,1-3,6-8H2. The first kappa shape index (κ1) is 14.1. The molecule has 0 amide bonds. The number of aromatic nitrogens is 1. The quantitative estimate of drug-likeness (QED) is 0.842. The third-order valence-electron chi connectivity index (χ3n) is 3.34. The van der Waals surface area contributed by atoms with Gasteiger partial charge in [0.25, 0.3) is 0 Å². The Balaban J connectivity index is 1.64. The molecule has 0 aliphatic heterocycles. The van der Waals surface area contributed by atoms with Crippen molar-refractivity contribution in [1.29, 1.82) is 5.26 Å². The molecule has 0 bridgehead atoms. The van der Waals surface area contributed by atoms with Crippen LogP contribution < -0.4 is 10.1 Å². The van der Waals surface area contributed by atoms with Crippen molar-refractivity contribution in [3.05, 3.63) is 23.4 Å². The van der Waals surface area contributed by atoms with Crippen molar-refractivity contribution < 1.29 is 4.74 Å². The van der Waals surface area contributed by atoms with Crippen LogP contribution in [-0.4, -0.2) is 24.2 Å². The molecule has 1 saturated carbocycles. The fraction of sp³-hybridized carbons (Fsp3) is 0.571. The summed E-state index contributed by atoms with van der Waals surface area (Å²) in [6, 6.07) is 6.32. The molecule has 1 aliphatic carbocycles. The number of nitrogens with one attached hydrogen (secondary N) is 1. The lowest BCUT2D eigenvalue weighted by Gasteiger charge is -2.26. The molecular formula is C14H18ClN3O. The summed E-state index contributed by atoms with van der Waals surface area (Å²) in [5, 5.41) is 13.0. The number of rotatable bonds is 5. The summed E-state index contributed by atoms with van der Waals surface area (Å²) < 4.78 is 5.51. The van der Waals surface area contributed by atoms with Gasteiger partial charge in [-0.1, -0.05) is 18.0 Å². The highest BCUT2D eigenvalue weighted by molar-refractivity contribution is 6.30. The summed E-state index contributed by atoms with van der Waals surface area (Å²) in [6.45, 7) is 1.34. The van der Waals surface area contributed by atoms with Gasteiger partial charge < -0.3 is 10.1 Å². The van der Waals surface area contributed by atoms with Crippen LogP contribution in [0, 0.1) is 17.2 Å². The summed E-state index contributed by atoms with van der Waals surface area (Å²) in [7, 11) is 0. The molecule has 1 heterocycles. The van der Waals surface area contributed by atoms with Crippen molar-refractivity contribution >= 4 is 11.6 Å². The lowest BCUT2D eigenvalue weighted by atomic mass is 9.87. The van der Waals surface area contributed by atoms with E-state index in [1.54, 1.807) is 18.3 Å². The number of nitriles is 1. The Labute approximate surface area is 118 Å². The lowest BCUT2D eigenvalue weighted by Crippen LogP contribution is -2.36. The Morgan fingerprint density at radius 2 is 2.37 bits per heavy atom. The largest absolute Gasteiger partial charge is 0.476 e. The summed E-state index contributed by atoms with van der Waals surface area (Å²) in [5.74, 6) is 0.801. The minimum absolute atomic E-state index is 0.213. The van der Waals surface area contributed by atoms with Gasteiger partial charge in [0.15, 0.2) is 0 Å². The second-order valence-corrected chi connectivity index (χ2v) is 5.24. The summed E-state index contributed by atoms with van der Waals surface area (Å²) >= 11 is 5.75. The van der Waals surface area contributed by atoms with Gasteiger partial charge in [-0.3, -0.25) is 0 Å². The molecule has 5 heteroatoms. The zero-order valence-electron chi connectivity index (χ0n) is 10.8. The summed E-state index contributed by atoms with van der Waals surface area (Å²) in [6.07, 6.45) is 5.85. The highest BCUT2D eigenvalue weighted by atomic mass is 35.5. The van der Waals surface area contributed by atoms with Crippen molar-refractivity contribution in [2.75, 3.05) is 13.2 Å². The van der Waals surface area contributed by atoms with Gasteiger partial charge in [-0.2, -0.15) is 5.26 Å². The zero-order valence-corrected chi connectivity index (χ0v) is 11.6. The molecule has 0 radical (unpaired) electrons. The third kappa shape index (κ3) is 4.70. The van der Waals surface area contributed by atoms with Crippen molar-refractivity contribution in [3.8, 4) is 11.9 Å². The number of hydrogen-bond acceptors (Lipinski definition) is 4. The van der Waals surface area contributed by atoms with E-state index in [0.717, 1.165) is 32.2 Å². The number of hydrogen-bond donors (Lipinski definition) is 1. The van der Waals surface area contributed by atoms with Crippen LogP contribution in [0.1, 0.15) is 25.7 Å². The molecule has 19 heavy (non-hydrogen) atoms. The Morgan fingerprint density at radius 3 is 3.11 bits per heavy atom. The smallest absolute Gasteiger partial charge is 0.213 e. The van der Waals surface area contributed by atoms with E-state index < -0.39 is 0 Å². The van der Waals surface area contributed by atoms with Gasteiger partial charge in [0.2, 0.25) is 5.88 Å². The van der Waals surface area contributed by atoms with E-state index in [9.17, 15) is 0 Å². The monoisotopic (exact) mass is 279 g/mol. The van der Waals surface area contributed by atoms with Crippen LogP contribution in [-0.2, 0) is 0 Å². The summed E-state index contributed by atoms with van der Waals surface area (Å²) in [4.78, 5) is 4.06. The van der Waals surface area contributed by atoms with Gasteiger partial charge >= 0.3 is 0 Å². The van der Waals surface area contributed by atoms with E-state index in [1.807, 2.05) is 0 Å². The van der Waals surface area contributed by atoms with E-state index in [0.29, 0.717) is 23.6 Å². The minimum atomic E-state index is 0.213. The van der Waals surface area contributed by atoms with E-state index in [1.165, 1.54) is 0 Å². The van der Waals surface area contributed by atoms with Crippen LogP contribution in [0.2, 0.25) is 5.02 Å². The molecule has 0 saturated heterocycles. The highest BCUT2D eigenvalue weighted by Gasteiger charge is 2.20. The Morgan fingerprint density at radius 1 is 1.47 bits per heavy atom. The maximum atomic E-state index is 8.93. The van der Waals surface area contributed by atoms with Gasteiger partial charge in [0.1, 0.15) is 6.61 Å². The molecule has 2 rings (SSSR count). The number of ether oxygens (including phenoxy) is 1. The van der Waals surface area contributed by atoms with Gasteiger partial charge in [0, 0.05) is 30.8 Å². The molecule has 2 atom stereocenters. The van der Waals surface area contributed by atoms with Crippen molar-refractivity contribution in [3.63, 3.8) is 0 Å². The summed E-state index contributed by atoms with van der Waals surface area (Å²) in [5.41, 5.74) is 0. The fourth-order valence-corrected chi connectivity index (χ4v) is 2.47. The third-order valence-corrected chi connectivity index (χ3v) is 3.57. The molecule has 4 nitrogen and oxygen atoms in total. The molecule has 1 aliphatic rings. The molecule has 1 aromatic rings. The van der Waals surface area contributed by atoms with Crippen LogP contribution >= 0.6 is 11.6 Å². The average Bonchev–Trinajstić information content (AvgIpc) is 2.46. The topological polar surface area (TPSA) is 57.9 Å². The maximum Gasteiger partial charge on any atom is 0.213 e. The maximum absolute atomic E-state index is 8.93. The van der Waals surface area contributed by atoms with Crippen molar-refractivity contribution in [2.24, 2.45) is 5.92 Å². The SMILES string of the molecule is N#CC1CCCC(NCCOc2ccc(Cl)cn2)C1. The van der Waals surface area contributed by atoms with E-state index >= 15 is 0 Å². The van der Waals surface area contributed by atoms with Gasteiger partial charge in [-0.25, -0.2) is 4.98 Å². The zero-order chi connectivity index (χ0) is 13.5. The normalized spacial score (nSPS) is 22.7. The molecule has 0 aromatic carbocycles. The van der Waals surface area contributed by atoms with E-state index in [-0.39, 0.29) is 5.92 Å². The average molecular weight is 280 g/mol. The predicted molar refractivity (Wildman–Crippen MR) is 74.1 cm³/mol. The second kappa shape index (κ2) is 7.32. The second-order valence-electron chi connectivity index (χ2n) is 4.81. The lowest BCUT2D eigenvalue weighted by molar-refractivity contribution is 0.271. The van der Waals surface area contributed by atoms with Crippen molar-refractivity contribution in [1.82, 2.24) is 10.3 Å². The van der Waals surface area contributed by atoms with Crippen LogP contribution in [0.4, 0.5) is 0 Å². The molecule has 2 unspecified atom stereocenters.